The lowest BCUT2D eigenvalue weighted by molar-refractivity contribution is 0.355. The first kappa shape index (κ1) is 10.2. The molecule has 0 unspecified atom stereocenters. The molecule has 4 heteroatoms. The maximum absolute atomic E-state index is 10.9. The molecular formula is C11H17N3O. The van der Waals surface area contributed by atoms with E-state index in [0.717, 1.165) is 18.9 Å². The van der Waals surface area contributed by atoms with Gasteiger partial charge in [-0.3, -0.25) is 4.79 Å². The van der Waals surface area contributed by atoms with Crippen molar-refractivity contribution in [2.24, 2.45) is 11.8 Å². The van der Waals surface area contributed by atoms with Gasteiger partial charge in [-0.2, -0.15) is 5.10 Å². The van der Waals surface area contributed by atoms with E-state index < -0.39 is 0 Å². The van der Waals surface area contributed by atoms with Crippen molar-refractivity contribution in [1.29, 1.82) is 0 Å². The van der Waals surface area contributed by atoms with Crippen molar-refractivity contribution in [3.8, 4) is 0 Å². The normalized spacial score (nSPS) is 26.7. The Kier molecular flexibility index (Phi) is 2.75. The second-order valence-electron chi connectivity index (χ2n) is 4.63. The van der Waals surface area contributed by atoms with Crippen LogP contribution in [0.25, 0.3) is 0 Å². The van der Waals surface area contributed by atoms with E-state index >= 15 is 0 Å². The van der Waals surface area contributed by atoms with Gasteiger partial charge in [0.1, 0.15) is 5.82 Å². The highest BCUT2D eigenvalue weighted by Crippen LogP contribution is 2.23. The quantitative estimate of drug-likeness (QED) is 0.754. The van der Waals surface area contributed by atoms with E-state index in [9.17, 15) is 4.79 Å². The summed E-state index contributed by atoms with van der Waals surface area (Å²) in [5, 5.41) is 6.54. The van der Waals surface area contributed by atoms with Gasteiger partial charge in [-0.25, -0.2) is 5.10 Å². The van der Waals surface area contributed by atoms with Crippen LogP contribution in [0.1, 0.15) is 20.3 Å². The van der Waals surface area contributed by atoms with Crippen LogP contribution >= 0.6 is 0 Å². The van der Waals surface area contributed by atoms with Gasteiger partial charge in [0.2, 0.25) is 0 Å². The predicted octanol–water partition coefficient (Wildman–Crippen LogP) is 1.25. The first-order valence-electron chi connectivity index (χ1n) is 5.46. The third kappa shape index (κ3) is 2.37. The summed E-state index contributed by atoms with van der Waals surface area (Å²) in [5.74, 6) is 2.28. The Morgan fingerprint density at radius 2 is 2.00 bits per heavy atom. The number of hydrogen-bond donors (Lipinski definition) is 1. The first-order chi connectivity index (χ1) is 7.15. The van der Waals surface area contributed by atoms with Crippen molar-refractivity contribution in [2.75, 3.05) is 18.0 Å². The lowest BCUT2D eigenvalue weighted by Crippen LogP contribution is -2.39. The number of piperidine rings is 1. The van der Waals surface area contributed by atoms with E-state index in [0.29, 0.717) is 11.8 Å². The fourth-order valence-corrected chi connectivity index (χ4v) is 2.36. The molecule has 2 heterocycles. The maximum atomic E-state index is 10.9. The molecule has 82 valence electrons. The average Bonchev–Trinajstić information content (AvgIpc) is 2.17. The minimum atomic E-state index is -0.142. The highest BCUT2D eigenvalue weighted by molar-refractivity contribution is 5.37. The molecule has 0 aliphatic carbocycles. The minimum absolute atomic E-state index is 0.142. The zero-order valence-corrected chi connectivity index (χ0v) is 9.23. The molecule has 0 saturated carbocycles. The van der Waals surface area contributed by atoms with E-state index in [-0.39, 0.29) is 5.56 Å². The zero-order valence-electron chi connectivity index (χ0n) is 9.23. The number of rotatable bonds is 1. The Hall–Kier alpha value is -1.32. The molecule has 0 spiro atoms. The molecule has 1 aliphatic rings. The van der Waals surface area contributed by atoms with Gasteiger partial charge < -0.3 is 4.90 Å². The molecule has 15 heavy (non-hydrogen) atoms. The largest absolute Gasteiger partial charge is 0.355 e. The summed E-state index contributed by atoms with van der Waals surface area (Å²) in [5.41, 5.74) is -0.142. The highest BCUT2D eigenvalue weighted by atomic mass is 16.1. The number of aromatic amines is 1. The van der Waals surface area contributed by atoms with Crippen LogP contribution in [0.3, 0.4) is 0 Å². The van der Waals surface area contributed by atoms with Gasteiger partial charge in [0.15, 0.2) is 0 Å². The Labute approximate surface area is 89.3 Å². The van der Waals surface area contributed by atoms with Gasteiger partial charge in [-0.15, -0.1) is 0 Å². The molecule has 1 saturated heterocycles. The summed E-state index contributed by atoms with van der Waals surface area (Å²) >= 11 is 0. The van der Waals surface area contributed by atoms with Gasteiger partial charge in [0.05, 0.1) is 0 Å². The van der Waals surface area contributed by atoms with Crippen LogP contribution in [0, 0.1) is 11.8 Å². The van der Waals surface area contributed by atoms with Crippen LogP contribution in [-0.4, -0.2) is 23.3 Å². The molecule has 2 rings (SSSR count). The smallest absolute Gasteiger partial charge is 0.264 e. The molecule has 1 aromatic rings. The lowest BCUT2D eigenvalue weighted by Gasteiger charge is -2.35. The zero-order chi connectivity index (χ0) is 10.8. The topological polar surface area (TPSA) is 49.0 Å². The maximum Gasteiger partial charge on any atom is 0.264 e. The van der Waals surface area contributed by atoms with Gasteiger partial charge in [-0.05, 0) is 24.3 Å². The summed E-state index contributed by atoms with van der Waals surface area (Å²) in [7, 11) is 0. The Bertz CT molecular complexity index is 357. The monoisotopic (exact) mass is 207 g/mol. The standard InChI is InChI=1S/C11H17N3O/c1-8-5-9(2)7-14(6-8)10-3-4-11(15)13-12-10/h3-4,8-9H,5-7H2,1-2H3,(H,13,15)/t8-,9-/m1/s1. The lowest BCUT2D eigenvalue weighted by atomic mass is 9.92. The SMILES string of the molecule is C[C@@H]1C[C@@H](C)CN(c2ccc(=O)[nH]n2)C1. The molecule has 1 aliphatic heterocycles. The van der Waals surface area contributed by atoms with Crippen LogP contribution in [0.4, 0.5) is 5.82 Å². The van der Waals surface area contributed by atoms with E-state index in [4.69, 9.17) is 0 Å². The molecule has 0 bridgehead atoms. The number of hydrogen-bond acceptors (Lipinski definition) is 3. The van der Waals surface area contributed by atoms with Crippen molar-refractivity contribution >= 4 is 5.82 Å². The van der Waals surface area contributed by atoms with E-state index in [1.54, 1.807) is 6.07 Å². The summed E-state index contributed by atoms with van der Waals surface area (Å²) in [6.45, 7) is 6.58. The molecule has 1 fully saturated rings. The first-order valence-corrected chi connectivity index (χ1v) is 5.46. The molecular weight excluding hydrogens is 190 g/mol. The number of nitrogens with one attached hydrogen (secondary N) is 1. The van der Waals surface area contributed by atoms with Crippen molar-refractivity contribution in [2.45, 2.75) is 20.3 Å². The van der Waals surface area contributed by atoms with Gasteiger partial charge in [-0.1, -0.05) is 13.8 Å². The second-order valence-corrected chi connectivity index (χ2v) is 4.63. The van der Waals surface area contributed by atoms with E-state index in [1.807, 2.05) is 0 Å². The Morgan fingerprint density at radius 3 is 2.53 bits per heavy atom. The van der Waals surface area contributed by atoms with Crippen LogP contribution in [0.5, 0.6) is 0 Å². The van der Waals surface area contributed by atoms with Crippen LogP contribution in [0.2, 0.25) is 0 Å². The van der Waals surface area contributed by atoms with Gasteiger partial charge in [0.25, 0.3) is 5.56 Å². The third-order valence-electron chi connectivity index (χ3n) is 2.86. The predicted molar refractivity (Wildman–Crippen MR) is 60.0 cm³/mol. The summed E-state index contributed by atoms with van der Waals surface area (Å²) in [6.07, 6.45) is 1.28. The minimum Gasteiger partial charge on any atom is -0.355 e. The van der Waals surface area contributed by atoms with Crippen molar-refractivity contribution in [1.82, 2.24) is 10.2 Å². The van der Waals surface area contributed by atoms with Crippen LogP contribution in [-0.2, 0) is 0 Å². The van der Waals surface area contributed by atoms with Crippen molar-refractivity contribution in [3.05, 3.63) is 22.5 Å². The molecule has 2 atom stereocenters. The number of H-pyrrole nitrogens is 1. The van der Waals surface area contributed by atoms with Gasteiger partial charge >= 0.3 is 0 Å². The summed E-state index contributed by atoms with van der Waals surface area (Å²) in [6, 6.07) is 3.33. The fraction of sp³-hybridized carbons (Fsp3) is 0.636. The summed E-state index contributed by atoms with van der Waals surface area (Å²) < 4.78 is 0. The third-order valence-corrected chi connectivity index (χ3v) is 2.86. The van der Waals surface area contributed by atoms with E-state index in [1.165, 1.54) is 12.5 Å². The van der Waals surface area contributed by atoms with Crippen LogP contribution in [0.15, 0.2) is 16.9 Å². The molecule has 1 N–H and O–H groups in total. The molecule has 4 nitrogen and oxygen atoms in total. The Balaban J connectivity index is 2.16. The molecule has 0 amide bonds. The average molecular weight is 207 g/mol. The van der Waals surface area contributed by atoms with E-state index in [2.05, 4.69) is 28.9 Å². The summed E-state index contributed by atoms with van der Waals surface area (Å²) in [4.78, 5) is 13.1. The number of aromatic nitrogens is 2. The molecule has 1 aromatic heterocycles. The number of anilines is 1. The molecule has 0 aromatic carbocycles. The van der Waals surface area contributed by atoms with Gasteiger partial charge in [0, 0.05) is 19.2 Å². The number of nitrogens with zero attached hydrogens (tertiary/aromatic N) is 2. The molecule has 0 radical (unpaired) electrons. The fourth-order valence-electron chi connectivity index (χ4n) is 2.36. The second kappa shape index (κ2) is 4.04. The van der Waals surface area contributed by atoms with Crippen molar-refractivity contribution < 1.29 is 0 Å². The van der Waals surface area contributed by atoms with Crippen LogP contribution < -0.4 is 10.5 Å². The highest BCUT2D eigenvalue weighted by Gasteiger charge is 2.22. The van der Waals surface area contributed by atoms with Crippen molar-refractivity contribution in [3.63, 3.8) is 0 Å². The Morgan fingerprint density at radius 1 is 1.33 bits per heavy atom.